The molecule has 0 aliphatic rings. The predicted octanol–water partition coefficient (Wildman–Crippen LogP) is 3.81. The molecule has 0 atom stereocenters. The Morgan fingerprint density at radius 1 is 1.04 bits per heavy atom. The van der Waals surface area contributed by atoms with Crippen LogP contribution in [0.3, 0.4) is 0 Å². The molecule has 2 aromatic carbocycles. The molecule has 1 heterocycles. The molecular formula is C22H23NO5. The van der Waals surface area contributed by atoms with Gasteiger partial charge in [-0.25, -0.2) is 4.79 Å². The summed E-state index contributed by atoms with van der Waals surface area (Å²) in [5, 5.41) is 0. The Labute approximate surface area is 162 Å². The number of carbonyl (C=O) groups excluding carboxylic acids is 2. The first-order valence-electron chi connectivity index (χ1n) is 9.30. The average molecular weight is 381 g/mol. The van der Waals surface area contributed by atoms with Crippen LogP contribution in [0, 0.1) is 13.8 Å². The van der Waals surface area contributed by atoms with Crippen molar-refractivity contribution in [3.05, 3.63) is 69.7 Å². The number of aryl methyl sites for hydroxylation is 3. The molecular weight excluding hydrogens is 358 g/mol. The van der Waals surface area contributed by atoms with Gasteiger partial charge in [0.2, 0.25) is 0 Å². The largest absolute Gasteiger partial charge is 0.466 e. The van der Waals surface area contributed by atoms with E-state index in [0.29, 0.717) is 24.1 Å². The van der Waals surface area contributed by atoms with E-state index in [9.17, 15) is 14.4 Å². The number of aromatic nitrogens is 1. The first-order valence-corrected chi connectivity index (χ1v) is 9.30. The third-order valence-corrected chi connectivity index (χ3v) is 4.75. The number of nitrogens with zero attached hydrogens (tertiary/aromatic N) is 1. The lowest BCUT2D eigenvalue weighted by molar-refractivity contribution is -0.143. The summed E-state index contributed by atoms with van der Waals surface area (Å²) < 4.78 is 11.9. The Morgan fingerprint density at radius 3 is 2.61 bits per heavy atom. The van der Waals surface area contributed by atoms with E-state index >= 15 is 0 Å². The van der Waals surface area contributed by atoms with Crippen molar-refractivity contribution in [1.82, 2.24) is 4.57 Å². The molecule has 0 aliphatic carbocycles. The maximum atomic E-state index is 12.2. The van der Waals surface area contributed by atoms with Crippen molar-refractivity contribution >= 4 is 22.9 Å². The number of oxazole rings is 1. The van der Waals surface area contributed by atoms with E-state index < -0.39 is 11.7 Å². The van der Waals surface area contributed by atoms with Crippen molar-refractivity contribution in [2.45, 2.75) is 39.7 Å². The van der Waals surface area contributed by atoms with E-state index in [4.69, 9.17) is 9.15 Å². The molecule has 0 spiro atoms. The molecule has 0 N–H and O–H groups in total. The standard InChI is InChI=1S/C22H23NO5/c1-15-8-9-17(14-16(15)2)19(24)10-11-21(25)27-13-5-12-23-18-6-3-4-7-20(18)28-22(23)26/h3-4,6-9,14H,5,10-13H2,1-2H3. The Kier molecular flexibility index (Phi) is 6.09. The summed E-state index contributed by atoms with van der Waals surface area (Å²) in [6.07, 6.45) is 0.647. The van der Waals surface area contributed by atoms with Gasteiger partial charge in [0.25, 0.3) is 0 Å². The van der Waals surface area contributed by atoms with Gasteiger partial charge in [0.1, 0.15) is 0 Å². The van der Waals surface area contributed by atoms with Gasteiger partial charge in [-0.1, -0.05) is 24.3 Å². The molecule has 6 nitrogen and oxygen atoms in total. The van der Waals surface area contributed by atoms with Crippen molar-refractivity contribution in [2.24, 2.45) is 0 Å². The SMILES string of the molecule is Cc1ccc(C(=O)CCC(=O)OCCCn2c(=O)oc3ccccc32)cc1C. The molecule has 3 rings (SSSR count). The van der Waals surface area contributed by atoms with Crippen molar-refractivity contribution < 1.29 is 18.7 Å². The zero-order valence-corrected chi connectivity index (χ0v) is 16.1. The lowest BCUT2D eigenvalue weighted by Gasteiger charge is -2.06. The highest BCUT2D eigenvalue weighted by atomic mass is 16.5. The van der Waals surface area contributed by atoms with Crippen LogP contribution in [-0.4, -0.2) is 22.9 Å². The summed E-state index contributed by atoms with van der Waals surface area (Å²) in [4.78, 5) is 36.0. The first kappa shape index (κ1) is 19.6. The molecule has 0 unspecified atom stereocenters. The van der Waals surface area contributed by atoms with Gasteiger partial charge in [0.05, 0.1) is 18.5 Å². The number of hydrogen-bond donors (Lipinski definition) is 0. The molecule has 6 heteroatoms. The van der Waals surface area contributed by atoms with Gasteiger partial charge >= 0.3 is 11.7 Å². The minimum Gasteiger partial charge on any atom is -0.466 e. The second-order valence-electron chi connectivity index (χ2n) is 6.78. The number of fused-ring (bicyclic) bond motifs is 1. The van der Waals surface area contributed by atoms with Gasteiger partial charge in [0.15, 0.2) is 11.4 Å². The zero-order valence-electron chi connectivity index (χ0n) is 16.1. The minimum atomic E-state index is -0.425. The van der Waals surface area contributed by atoms with Crippen LogP contribution in [0.1, 0.15) is 40.7 Å². The maximum absolute atomic E-state index is 12.2. The molecule has 0 saturated carbocycles. The number of Topliss-reactive ketones (excluding diaryl/α,β-unsaturated/α-hetero) is 1. The molecule has 1 aromatic heterocycles. The van der Waals surface area contributed by atoms with Gasteiger partial charge in [0, 0.05) is 18.5 Å². The zero-order chi connectivity index (χ0) is 20.1. The number of carbonyl (C=O) groups is 2. The number of benzene rings is 2. The maximum Gasteiger partial charge on any atom is 0.419 e. The van der Waals surface area contributed by atoms with E-state index in [1.807, 2.05) is 38.1 Å². The number of para-hydroxylation sites is 2. The number of hydrogen-bond acceptors (Lipinski definition) is 5. The molecule has 0 bridgehead atoms. The predicted molar refractivity (Wildman–Crippen MR) is 106 cm³/mol. The van der Waals surface area contributed by atoms with Crippen LogP contribution in [0.15, 0.2) is 51.7 Å². The van der Waals surface area contributed by atoms with Crippen LogP contribution < -0.4 is 5.76 Å². The third-order valence-electron chi connectivity index (χ3n) is 4.75. The topological polar surface area (TPSA) is 78.5 Å². The minimum absolute atomic E-state index is 0.0420. The van der Waals surface area contributed by atoms with Gasteiger partial charge in [-0.2, -0.15) is 0 Å². The molecule has 28 heavy (non-hydrogen) atoms. The van der Waals surface area contributed by atoms with Crippen molar-refractivity contribution in [1.29, 1.82) is 0 Å². The number of ether oxygens (including phenoxy) is 1. The van der Waals surface area contributed by atoms with Crippen molar-refractivity contribution in [3.8, 4) is 0 Å². The van der Waals surface area contributed by atoms with E-state index in [2.05, 4.69) is 0 Å². The van der Waals surface area contributed by atoms with Crippen LogP contribution in [-0.2, 0) is 16.1 Å². The van der Waals surface area contributed by atoms with Gasteiger partial charge < -0.3 is 9.15 Å². The second-order valence-corrected chi connectivity index (χ2v) is 6.78. The quantitative estimate of drug-likeness (QED) is 0.337. The summed E-state index contributed by atoms with van der Waals surface area (Å²) in [7, 11) is 0. The fraction of sp³-hybridized carbons (Fsp3) is 0.318. The summed E-state index contributed by atoms with van der Waals surface area (Å²) in [5.74, 6) is -0.912. The summed E-state index contributed by atoms with van der Waals surface area (Å²) in [5.41, 5.74) is 4.05. The summed E-state index contributed by atoms with van der Waals surface area (Å²) in [6.45, 7) is 4.52. The molecule has 0 aliphatic heterocycles. The first-order chi connectivity index (χ1) is 13.5. The van der Waals surface area contributed by atoms with Gasteiger partial charge in [-0.15, -0.1) is 0 Å². The number of ketones is 1. The van der Waals surface area contributed by atoms with E-state index in [1.165, 1.54) is 4.57 Å². The lowest BCUT2D eigenvalue weighted by atomic mass is 10.0. The molecule has 146 valence electrons. The summed E-state index contributed by atoms with van der Waals surface area (Å²) in [6, 6.07) is 12.7. The summed E-state index contributed by atoms with van der Waals surface area (Å²) >= 11 is 0. The van der Waals surface area contributed by atoms with Crippen LogP contribution in [0.5, 0.6) is 0 Å². The number of esters is 1. The average Bonchev–Trinajstić information content (AvgIpc) is 3.00. The smallest absolute Gasteiger partial charge is 0.419 e. The van der Waals surface area contributed by atoms with Crippen LogP contribution in [0.4, 0.5) is 0 Å². The van der Waals surface area contributed by atoms with Crippen molar-refractivity contribution in [2.75, 3.05) is 6.61 Å². The second kappa shape index (κ2) is 8.69. The highest BCUT2D eigenvalue weighted by Crippen LogP contribution is 2.13. The van der Waals surface area contributed by atoms with Gasteiger partial charge in [-0.05, 0) is 49.6 Å². The number of rotatable bonds is 8. The third kappa shape index (κ3) is 4.57. The Morgan fingerprint density at radius 2 is 1.82 bits per heavy atom. The monoisotopic (exact) mass is 381 g/mol. The van der Waals surface area contributed by atoms with E-state index in [1.54, 1.807) is 18.2 Å². The molecule has 0 saturated heterocycles. The Hall–Kier alpha value is -3.15. The van der Waals surface area contributed by atoms with E-state index in [0.717, 1.165) is 16.6 Å². The normalized spacial score (nSPS) is 10.9. The van der Waals surface area contributed by atoms with Crippen molar-refractivity contribution in [3.63, 3.8) is 0 Å². The fourth-order valence-corrected chi connectivity index (χ4v) is 2.98. The highest BCUT2D eigenvalue weighted by Gasteiger charge is 2.12. The van der Waals surface area contributed by atoms with E-state index in [-0.39, 0.29) is 25.2 Å². The van der Waals surface area contributed by atoms with Crippen LogP contribution in [0.25, 0.3) is 11.1 Å². The van der Waals surface area contributed by atoms with Gasteiger partial charge in [-0.3, -0.25) is 14.2 Å². The highest BCUT2D eigenvalue weighted by molar-refractivity contribution is 5.97. The van der Waals surface area contributed by atoms with Crippen LogP contribution in [0.2, 0.25) is 0 Å². The molecule has 3 aromatic rings. The molecule has 0 amide bonds. The Balaban J connectivity index is 1.43. The molecule has 0 fully saturated rings. The lowest BCUT2D eigenvalue weighted by Crippen LogP contribution is -2.16. The Bertz CT molecular complexity index is 1060. The molecule has 0 radical (unpaired) electrons. The van der Waals surface area contributed by atoms with Crippen LogP contribution >= 0.6 is 0 Å². The fourth-order valence-electron chi connectivity index (χ4n) is 2.98.